The fourth-order valence-corrected chi connectivity index (χ4v) is 2.56. The summed E-state index contributed by atoms with van der Waals surface area (Å²) in [6.07, 6.45) is 0.145. The van der Waals surface area contributed by atoms with E-state index in [2.05, 4.69) is 0 Å². The van der Waals surface area contributed by atoms with Crippen molar-refractivity contribution in [2.24, 2.45) is 0 Å². The van der Waals surface area contributed by atoms with Gasteiger partial charge in [-0.2, -0.15) is 10.5 Å². The van der Waals surface area contributed by atoms with E-state index in [1.807, 2.05) is 0 Å². The maximum Gasteiger partial charge on any atom is 0.250 e. The summed E-state index contributed by atoms with van der Waals surface area (Å²) in [7, 11) is 0. The van der Waals surface area contributed by atoms with Crippen molar-refractivity contribution < 1.29 is 10.2 Å². The molecule has 0 amide bonds. The summed E-state index contributed by atoms with van der Waals surface area (Å²) >= 11 is 0. The van der Waals surface area contributed by atoms with E-state index in [-0.39, 0.29) is 30.6 Å². The van der Waals surface area contributed by atoms with Crippen molar-refractivity contribution in [2.75, 3.05) is 0 Å². The van der Waals surface area contributed by atoms with Gasteiger partial charge in [-0.05, 0) is 43.2 Å². The van der Waals surface area contributed by atoms with E-state index in [1.54, 1.807) is 12.1 Å². The molecule has 0 bridgehead atoms. The number of nitriles is 2. The van der Waals surface area contributed by atoms with Crippen molar-refractivity contribution in [1.82, 2.24) is 9.13 Å². The normalized spacial score (nSPS) is 10.2. The lowest BCUT2D eigenvalue weighted by molar-refractivity contribution is -0.280. The quantitative estimate of drug-likeness (QED) is 0.744. The maximum atomic E-state index is 12.1. The van der Waals surface area contributed by atoms with Gasteiger partial charge in [0.15, 0.2) is 0 Å². The first-order valence-corrected chi connectivity index (χ1v) is 7.45. The van der Waals surface area contributed by atoms with Crippen LogP contribution in [0.5, 0.6) is 11.8 Å². The van der Waals surface area contributed by atoms with Gasteiger partial charge in [-0.15, -0.1) is 0 Å². The summed E-state index contributed by atoms with van der Waals surface area (Å²) in [4.78, 5) is 23.9. The number of aromatic nitrogens is 2. The Labute approximate surface area is 143 Å². The van der Waals surface area contributed by atoms with E-state index in [9.17, 15) is 19.8 Å². The summed E-state index contributed by atoms with van der Waals surface area (Å²) in [5.74, 6) is -1.38. The molecule has 0 radical (unpaired) electrons. The minimum Gasteiger partial charge on any atom is -0.859 e. The van der Waals surface area contributed by atoms with Crippen molar-refractivity contribution in [3.63, 3.8) is 0 Å². The predicted molar refractivity (Wildman–Crippen MR) is 83.8 cm³/mol. The van der Waals surface area contributed by atoms with E-state index in [0.29, 0.717) is 11.1 Å². The summed E-state index contributed by atoms with van der Waals surface area (Å²) in [5.41, 5.74) is -0.685. The summed E-state index contributed by atoms with van der Waals surface area (Å²) < 4.78 is 1.81. The average Bonchev–Trinajstić information content (AvgIpc) is 2.53. The van der Waals surface area contributed by atoms with Crippen LogP contribution in [-0.4, -0.2) is 9.13 Å². The van der Waals surface area contributed by atoms with Crippen molar-refractivity contribution in [3.8, 4) is 23.9 Å². The van der Waals surface area contributed by atoms with Crippen molar-refractivity contribution >= 4 is 0 Å². The van der Waals surface area contributed by atoms with Crippen LogP contribution < -0.4 is 21.3 Å². The zero-order valence-electron chi connectivity index (χ0n) is 13.7. The molecule has 8 heteroatoms. The van der Waals surface area contributed by atoms with E-state index < -0.39 is 22.9 Å². The Bertz CT molecular complexity index is 952. The first-order chi connectivity index (χ1) is 11.8. The number of hydrogen-bond donors (Lipinski definition) is 0. The topological polar surface area (TPSA) is 138 Å². The SMILES string of the molecule is Cc1cc(=O)n(CCCn2c([O-])c(C#N)c(C)cc2=O)c([O-])c1C#N. The molecule has 0 aliphatic carbocycles. The summed E-state index contributed by atoms with van der Waals surface area (Å²) in [5, 5.41) is 42.2. The molecular weight excluding hydrogens is 324 g/mol. The highest BCUT2D eigenvalue weighted by molar-refractivity contribution is 5.43. The van der Waals surface area contributed by atoms with E-state index in [0.717, 1.165) is 9.13 Å². The third-order valence-corrected chi connectivity index (χ3v) is 3.91. The van der Waals surface area contributed by atoms with Crippen LogP contribution in [0, 0.1) is 36.5 Å². The zero-order chi connectivity index (χ0) is 18.7. The molecule has 2 heterocycles. The van der Waals surface area contributed by atoms with Crippen LogP contribution in [0.25, 0.3) is 0 Å². The molecule has 2 rings (SSSR count). The molecule has 0 unspecified atom stereocenters. The standard InChI is InChI=1S/C17H16N4O4/c1-10-6-14(22)20(16(24)12(10)8-18)4-3-5-21-15(23)7-11(2)13(9-19)17(21)25/h6-7,24-25H,3-5H2,1-2H3/p-2. The number of hydrogen-bond acceptors (Lipinski definition) is 6. The Kier molecular flexibility index (Phi) is 4.94. The highest BCUT2D eigenvalue weighted by atomic mass is 16.3. The fraction of sp³-hybridized carbons (Fsp3) is 0.294. The second kappa shape index (κ2) is 6.93. The molecule has 128 valence electrons. The summed E-state index contributed by atoms with van der Waals surface area (Å²) in [6, 6.07) is 5.93. The smallest absolute Gasteiger partial charge is 0.250 e. The second-order valence-corrected chi connectivity index (χ2v) is 5.57. The molecule has 0 spiro atoms. The van der Waals surface area contributed by atoms with Gasteiger partial charge in [-0.25, -0.2) is 0 Å². The summed E-state index contributed by atoms with van der Waals surface area (Å²) in [6.45, 7) is 2.91. The number of aryl methyl sites for hydroxylation is 2. The molecule has 0 atom stereocenters. The average molecular weight is 338 g/mol. The van der Waals surface area contributed by atoms with Gasteiger partial charge in [0.2, 0.25) is 11.1 Å². The second-order valence-electron chi connectivity index (χ2n) is 5.57. The van der Waals surface area contributed by atoms with Gasteiger partial charge >= 0.3 is 0 Å². The van der Waals surface area contributed by atoms with Gasteiger partial charge in [0.25, 0.3) is 0 Å². The molecule has 0 saturated carbocycles. The van der Waals surface area contributed by atoms with E-state index in [4.69, 9.17) is 10.5 Å². The lowest BCUT2D eigenvalue weighted by atomic mass is 10.1. The molecule has 2 aromatic heterocycles. The minimum absolute atomic E-state index is 0.0474. The zero-order valence-corrected chi connectivity index (χ0v) is 13.7. The maximum absolute atomic E-state index is 12.1. The molecule has 0 fully saturated rings. The van der Waals surface area contributed by atoms with Crippen LogP contribution in [0.1, 0.15) is 28.7 Å². The molecule has 0 aromatic carbocycles. The Hall–Kier alpha value is -3.52. The van der Waals surface area contributed by atoms with Crippen LogP contribution in [-0.2, 0) is 13.1 Å². The molecule has 0 N–H and O–H groups in total. The Morgan fingerprint density at radius 2 is 1.24 bits per heavy atom. The van der Waals surface area contributed by atoms with Crippen LogP contribution in [0.3, 0.4) is 0 Å². The van der Waals surface area contributed by atoms with Crippen molar-refractivity contribution in [2.45, 2.75) is 33.4 Å². The molecule has 25 heavy (non-hydrogen) atoms. The van der Waals surface area contributed by atoms with Crippen LogP contribution in [0.15, 0.2) is 21.7 Å². The number of nitrogens with zero attached hydrogens (tertiary/aromatic N) is 4. The Morgan fingerprint density at radius 1 is 0.880 bits per heavy atom. The first-order valence-electron chi connectivity index (χ1n) is 7.45. The monoisotopic (exact) mass is 338 g/mol. The highest BCUT2D eigenvalue weighted by Gasteiger charge is 2.08. The van der Waals surface area contributed by atoms with Crippen LogP contribution in [0.2, 0.25) is 0 Å². The predicted octanol–water partition coefficient (Wildman–Crippen LogP) is -0.392. The van der Waals surface area contributed by atoms with Gasteiger partial charge in [-0.1, -0.05) is 0 Å². The van der Waals surface area contributed by atoms with E-state index in [1.165, 1.54) is 26.0 Å². The molecule has 2 aromatic rings. The van der Waals surface area contributed by atoms with Gasteiger partial charge in [0.05, 0.1) is 11.1 Å². The third-order valence-electron chi connectivity index (χ3n) is 3.91. The lowest BCUT2D eigenvalue weighted by Crippen LogP contribution is -2.28. The first kappa shape index (κ1) is 17.8. The highest BCUT2D eigenvalue weighted by Crippen LogP contribution is 2.17. The largest absolute Gasteiger partial charge is 0.859 e. The lowest BCUT2D eigenvalue weighted by Gasteiger charge is -2.21. The van der Waals surface area contributed by atoms with Crippen molar-refractivity contribution in [3.05, 3.63) is 55.1 Å². The fourth-order valence-electron chi connectivity index (χ4n) is 2.56. The van der Waals surface area contributed by atoms with Crippen molar-refractivity contribution in [1.29, 1.82) is 10.5 Å². The minimum atomic E-state index is -0.691. The van der Waals surface area contributed by atoms with Gasteiger partial charge in [0, 0.05) is 25.2 Å². The molecular formula is C17H14N4O4-2. The van der Waals surface area contributed by atoms with Crippen LogP contribution in [0.4, 0.5) is 0 Å². The number of pyridine rings is 2. The molecule has 8 nitrogen and oxygen atoms in total. The Balaban J connectivity index is 2.30. The van der Waals surface area contributed by atoms with Gasteiger partial charge in [-0.3, -0.25) is 9.59 Å². The van der Waals surface area contributed by atoms with Crippen LogP contribution >= 0.6 is 0 Å². The molecule has 0 saturated heterocycles. The van der Waals surface area contributed by atoms with Gasteiger partial charge in [0.1, 0.15) is 12.1 Å². The molecule has 0 aliphatic rings. The van der Waals surface area contributed by atoms with Gasteiger partial charge < -0.3 is 19.3 Å². The molecule has 0 aliphatic heterocycles. The number of rotatable bonds is 4. The van der Waals surface area contributed by atoms with E-state index >= 15 is 0 Å². The third kappa shape index (κ3) is 3.24. The Morgan fingerprint density at radius 3 is 1.56 bits per heavy atom.